The molecule has 2 saturated heterocycles. The third-order valence-corrected chi connectivity index (χ3v) is 4.10. The minimum atomic E-state index is -5.27. The van der Waals surface area contributed by atoms with Crippen LogP contribution in [0.4, 0.5) is 8.78 Å². The van der Waals surface area contributed by atoms with Gasteiger partial charge in [0.25, 0.3) is 0 Å². The van der Waals surface area contributed by atoms with Crippen LogP contribution in [0.1, 0.15) is 6.42 Å². The van der Waals surface area contributed by atoms with Gasteiger partial charge in [0.15, 0.2) is 0 Å². The molecule has 0 radical (unpaired) electrons. The number of nitrogens with zero attached hydrogens (tertiary/aromatic N) is 1. The van der Waals surface area contributed by atoms with Crippen LogP contribution in [-0.4, -0.2) is 42.8 Å². The molecule has 0 aliphatic carbocycles. The first kappa shape index (κ1) is 10.3. The number of halogens is 2. The van der Waals surface area contributed by atoms with E-state index < -0.39 is 21.3 Å². The zero-order valence-electron chi connectivity index (χ0n) is 7.36. The molecule has 3 unspecified atom stereocenters. The van der Waals surface area contributed by atoms with Gasteiger partial charge in [0.2, 0.25) is 0 Å². The Labute approximate surface area is 80.6 Å². The highest BCUT2D eigenvalue weighted by Gasteiger charge is 2.58. The Morgan fingerprint density at radius 3 is 2.36 bits per heavy atom. The largest absolute Gasteiger partial charge is 0.374 e. The second-order valence-electron chi connectivity index (χ2n) is 3.95. The molecule has 2 heterocycles. The quantitative estimate of drug-likeness (QED) is 0.694. The Hall–Kier alpha value is -0.270. The van der Waals surface area contributed by atoms with Gasteiger partial charge in [0.1, 0.15) is 0 Å². The van der Waals surface area contributed by atoms with E-state index in [2.05, 4.69) is 0 Å². The molecule has 2 aliphatic rings. The van der Waals surface area contributed by atoms with E-state index in [4.69, 9.17) is 4.55 Å². The van der Waals surface area contributed by atoms with Crippen LogP contribution in [0.15, 0.2) is 0 Å². The summed E-state index contributed by atoms with van der Waals surface area (Å²) < 4.78 is 55.9. The number of rotatable bonds is 2. The minimum absolute atomic E-state index is 0.0669. The smallest absolute Gasteiger partial charge is 0.302 e. The summed E-state index contributed by atoms with van der Waals surface area (Å²) in [5.41, 5.74) is 0. The van der Waals surface area contributed by atoms with Gasteiger partial charge in [-0.1, -0.05) is 0 Å². The van der Waals surface area contributed by atoms with Crippen molar-refractivity contribution in [1.29, 1.82) is 0 Å². The van der Waals surface area contributed by atoms with E-state index in [1.807, 2.05) is 0 Å². The second-order valence-corrected chi connectivity index (χ2v) is 5.45. The Balaban J connectivity index is 2.24. The lowest BCUT2D eigenvalue weighted by atomic mass is 9.93. The molecular weight excluding hydrogens is 216 g/mol. The van der Waals surface area contributed by atoms with Crippen molar-refractivity contribution in [2.75, 3.05) is 19.6 Å². The van der Waals surface area contributed by atoms with E-state index in [9.17, 15) is 17.2 Å². The summed E-state index contributed by atoms with van der Waals surface area (Å²) >= 11 is 0. The fourth-order valence-corrected chi connectivity index (χ4v) is 3.01. The van der Waals surface area contributed by atoms with Crippen molar-refractivity contribution in [3.05, 3.63) is 0 Å². The van der Waals surface area contributed by atoms with Gasteiger partial charge in [0, 0.05) is 13.1 Å². The first-order valence-corrected chi connectivity index (χ1v) is 5.83. The molecule has 3 atom stereocenters. The van der Waals surface area contributed by atoms with Crippen molar-refractivity contribution in [2.24, 2.45) is 11.8 Å². The summed E-state index contributed by atoms with van der Waals surface area (Å²) in [5.74, 6) is -1.54. The van der Waals surface area contributed by atoms with E-state index in [1.165, 1.54) is 0 Å². The molecule has 0 amide bonds. The summed E-state index contributed by atoms with van der Waals surface area (Å²) in [6.45, 7) is 1.34. The molecule has 2 aliphatic heterocycles. The lowest BCUT2D eigenvalue weighted by molar-refractivity contribution is -0.00321. The number of piperidine rings is 1. The van der Waals surface area contributed by atoms with Crippen LogP contribution >= 0.6 is 0 Å². The molecule has 2 fully saturated rings. The SMILES string of the molecule is O=S(=O)(O)C(F)(F)C1CN2CCC1C2. The monoisotopic (exact) mass is 227 g/mol. The molecule has 2 bridgehead atoms. The van der Waals surface area contributed by atoms with Crippen molar-refractivity contribution in [1.82, 2.24) is 4.90 Å². The predicted octanol–water partition coefficient (Wildman–Crippen LogP) is 0.419. The van der Waals surface area contributed by atoms with Gasteiger partial charge < -0.3 is 4.90 Å². The fraction of sp³-hybridized carbons (Fsp3) is 1.00. The normalized spacial score (nSPS) is 37.8. The molecule has 0 saturated carbocycles. The third-order valence-electron chi connectivity index (χ3n) is 3.11. The summed E-state index contributed by atoms with van der Waals surface area (Å²) in [5, 5.41) is -3.99. The van der Waals surface area contributed by atoms with Crippen LogP contribution in [0.3, 0.4) is 0 Å². The second kappa shape index (κ2) is 2.86. The zero-order valence-corrected chi connectivity index (χ0v) is 8.17. The molecule has 82 valence electrons. The molecule has 0 spiro atoms. The van der Waals surface area contributed by atoms with E-state index in [0.717, 1.165) is 6.54 Å². The number of alkyl halides is 2. The Bertz CT molecular complexity index is 343. The van der Waals surface area contributed by atoms with Gasteiger partial charge in [-0.3, -0.25) is 4.55 Å². The zero-order chi connectivity index (χ0) is 10.6. The van der Waals surface area contributed by atoms with Gasteiger partial charge >= 0.3 is 15.4 Å². The average Bonchev–Trinajstić information content (AvgIpc) is 2.61. The predicted molar refractivity (Wildman–Crippen MR) is 44.5 cm³/mol. The van der Waals surface area contributed by atoms with E-state index in [-0.39, 0.29) is 12.5 Å². The molecule has 7 heteroatoms. The minimum Gasteiger partial charge on any atom is -0.302 e. The average molecular weight is 227 g/mol. The van der Waals surface area contributed by atoms with E-state index >= 15 is 0 Å². The Kier molecular flexibility index (Phi) is 2.10. The van der Waals surface area contributed by atoms with Crippen LogP contribution in [0.25, 0.3) is 0 Å². The van der Waals surface area contributed by atoms with Crippen molar-refractivity contribution >= 4 is 10.1 Å². The Morgan fingerprint density at radius 1 is 1.36 bits per heavy atom. The van der Waals surface area contributed by atoms with Gasteiger partial charge in [-0.2, -0.15) is 17.2 Å². The van der Waals surface area contributed by atoms with Gasteiger partial charge in [0.05, 0.1) is 5.92 Å². The van der Waals surface area contributed by atoms with Gasteiger partial charge in [-0.05, 0) is 18.9 Å². The molecule has 0 aromatic rings. The maximum Gasteiger partial charge on any atom is 0.374 e. The summed E-state index contributed by atoms with van der Waals surface area (Å²) in [6, 6.07) is 0. The molecule has 2 rings (SSSR count). The van der Waals surface area contributed by atoms with Crippen LogP contribution in [0, 0.1) is 11.8 Å². The van der Waals surface area contributed by atoms with E-state index in [1.54, 1.807) is 4.90 Å². The maximum absolute atomic E-state index is 13.2. The van der Waals surface area contributed by atoms with Crippen molar-refractivity contribution in [3.8, 4) is 0 Å². The van der Waals surface area contributed by atoms with Gasteiger partial charge in [-0.15, -0.1) is 0 Å². The lowest BCUT2D eigenvalue weighted by Gasteiger charge is -2.27. The van der Waals surface area contributed by atoms with Gasteiger partial charge in [-0.25, -0.2) is 0 Å². The van der Waals surface area contributed by atoms with Crippen LogP contribution in [0.5, 0.6) is 0 Å². The number of fused-ring (bicyclic) bond motifs is 2. The highest BCUT2D eigenvalue weighted by molar-refractivity contribution is 7.86. The van der Waals surface area contributed by atoms with Crippen molar-refractivity contribution in [3.63, 3.8) is 0 Å². The van der Waals surface area contributed by atoms with Crippen LogP contribution in [0.2, 0.25) is 0 Å². The van der Waals surface area contributed by atoms with E-state index in [0.29, 0.717) is 13.0 Å². The molecule has 0 aromatic heterocycles. The van der Waals surface area contributed by atoms with Crippen LogP contribution < -0.4 is 0 Å². The summed E-state index contributed by atoms with van der Waals surface area (Å²) in [6.07, 6.45) is 0.593. The first-order chi connectivity index (χ1) is 6.32. The highest BCUT2D eigenvalue weighted by atomic mass is 32.2. The standard InChI is InChI=1S/C7H11F2NO3S/c8-7(9,14(11,12)13)6-4-10-2-1-5(6)3-10/h5-6H,1-4H2,(H,11,12,13). The van der Waals surface area contributed by atoms with Crippen molar-refractivity contribution < 1.29 is 21.8 Å². The number of hydrogen-bond donors (Lipinski definition) is 1. The van der Waals surface area contributed by atoms with Crippen molar-refractivity contribution in [2.45, 2.75) is 11.7 Å². The third kappa shape index (κ3) is 1.34. The maximum atomic E-state index is 13.2. The number of hydrogen-bond acceptors (Lipinski definition) is 3. The Morgan fingerprint density at radius 2 is 2.00 bits per heavy atom. The topological polar surface area (TPSA) is 57.6 Å². The summed E-state index contributed by atoms with van der Waals surface area (Å²) in [4.78, 5) is 1.80. The van der Waals surface area contributed by atoms with Crippen LogP contribution in [-0.2, 0) is 10.1 Å². The molecule has 4 nitrogen and oxygen atoms in total. The first-order valence-electron chi connectivity index (χ1n) is 4.39. The molecule has 1 N–H and O–H groups in total. The lowest BCUT2D eigenvalue weighted by Crippen LogP contribution is -2.43. The highest BCUT2D eigenvalue weighted by Crippen LogP contribution is 2.44. The molecule has 0 aromatic carbocycles. The molecular formula is C7H11F2NO3S. The fourth-order valence-electron chi connectivity index (χ4n) is 2.36. The summed E-state index contributed by atoms with van der Waals surface area (Å²) in [7, 11) is -5.27. The molecule has 14 heavy (non-hydrogen) atoms.